The molecule has 0 radical (unpaired) electrons. The molecule has 0 bridgehead atoms. The lowest BCUT2D eigenvalue weighted by atomic mass is 10.3. The second-order valence-electron chi connectivity index (χ2n) is 3.64. The minimum Gasteiger partial charge on any atom is -0.476 e. The van der Waals surface area contributed by atoms with E-state index in [9.17, 15) is 9.59 Å². The van der Waals surface area contributed by atoms with Crippen molar-refractivity contribution < 1.29 is 14.7 Å². The number of anilines is 1. The standard InChI is InChI=1S/C10H11N5O3S/c11-5-3-13-15-8(5)9(16)12-2-1-7-14-6(4-19-7)10(17)18/h3-4H,1-2,11H2,(H,12,16)(H,13,15)(H,17,18). The molecule has 2 aromatic rings. The van der Waals surface area contributed by atoms with Crippen LogP contribution in [0.25, 0.3) is 0 Å². The van der Waals surface area contributed by atoms with Crippen LogP contribution in [0.4, 0.5) is 5.69 Å². The molecule has 0 aromatic carbocycles. The molecule has 9 heteroatoms. The summed E-state index contributed by atoms with van der Waals surface area (Å²) in [7, 11) is 0. The van der Waals surface area contributed by atoms with Gasteiger partial charge in [0.25, 0.3) is 5.91 Å². The van der Waals surface area contributed by atoms with Gasteiger partial charge in [-0.2, -0.15) is 5.10 Å². The largest absolute Gasteiger partial charge is 0.476 e. The van der Waals surface area contributed by atoms with Crippen LogP contribution in [0.1, 0.15) is 26.0 Å². The van der Waals surface area contributed by atoms with E-state index in [1.807, 2.05) is 0 Å². The van der Waals surface area contributed by atoms with Crippen molar-refractivity contribution in [2.75, 3.05) is 12.3 Å². The molecule has 2 heterocycles. The predicted octanol–water partition coefficient (Wildman–Crippen LogP) is 0.119. The molecule has 0 fully saturated rings. The molecule has 2 rings (SSSR count). The zero-order valence-corrected chi connectivity index (χ0v) is 10.5. The second kappa shape index (κ2) is 5.48. The fourth-order valence-electron chi connectivity index (χ4n) is 1.37. The van der Waals surface area contributed by atoms with Crippen LogP contribution in [-0.4, -0.2) is 38.7 Å². The Morgan fingerprint density at radius 2 is 2.32 bits per heavy atom. The van der Waals surface area contributed by atoms with Gasteiger partial charge < -0.3 is 16.2 Å². The number of carbonyl (C=O) groups excluding carboxylic acids is 1. The Labute approximate surface area is 111 Å². The zero-order chi connectivity index (χ0) is 13.8. The van der Waals surface area contributed by atoms with E-state index in [4.69, 9.17) is 10.8 Å². The third kappa shape index (κ3) is 3.07. The summed E-state index contributed by atoms with van der Waals surface area (Å²) in [5.41, 5.74) is 6.04. The Morgan fingerprint density at radius 1 is 1.53 bits per heavy atom. The number of H-pyrrole nitrogens is 1. The van der Waals surface area contributed by atoms with Crippen molar-refractivity contribution in [3.63, 3.8) is 0 Å². The third-order valence-electron chi connectivity index (χ3n) is 2.29. The lowest BCUT2D eigenvalue weighted by Gasteiger charge is -2.02. The van der Waals surface area contributed by atoms with Gasteiger partial charge in [-0.25, -0.2) is 9.78 Å². The van der Waals surface area contributed by atoms with Gasteiger partial charge in [0.05, 0.1) is 16.9 Å². The first kappa shape index (κ1) is 13.0. The van der Waals surface area contributed by atoms with Crippen LogP contribution in [-0.2, 0) is 6.42 Å². The lowest BCUT2D eigenvalue weighted by molar-refractivity contribution is 0.0690. The molecule has 0 atom stereocenters. The molecule has 2 aromatic heterocycles. The number of carboxylic acid groups (broad SMARTS) is 1. The first-order chi connectivity index (χ1) is 9.08. The van der Waals surface area contributed by atoms with E-state index in [1.165, 1.54) is 22.9 Å². The molecule has 8 nitrogen and oxygen atoms in total. The van der Waals surface area contributed by atoms with Gasteiger partial charge in [-0.05, 0) is 0 Å². The van der Waals surface area contributed by atoms with Crippen LogP contribution < -0.4 is 11.1 Å². The third-order valence-corrected chi connectivity index (χ3v) is 3.20. The molecule has 0 aliphatic heterocycles. The maximum atomic E-state index is 11.7. The number of aromatic nitrogens is 3. The van der Waals surface area contributed by atoms with Crippen molar-refractivity contribution in [3.05, 3.63) is 28.0 Å². The number of aromatic carboxylic acids is 1. The van der Waals surface area contributed by atoms with Crippen molar-refractivity contribution in [1.82, 2.24) is 20.5 Å². The molecule has 100 valence electrons. The molecule has 0 unspecified atom stereocenters. The van der Waals surface area contributed by atoms with Gasteiger partial charge in [0.1, 0.15) is 5.69 Å². The Balaban J connectivity index is 1.85. The fourth-order valence-corrected chi connectivity index (χ4v) is 2.14. The highest BCUT2D eigenvalue weighted by Crippen LogP contribution is 2.10. The van der Waals surface area contributed by atoms with E-state index in [1.54, 1.807) is 0 Å². The van der Waals surface area contributed by atoms with Crippen LogP contribution >= 0.6 is 11.3 Å². The summed E-state index contributed by atoms with van der Waals surface area (Å²) in [6, 6.07) is 0. The Hall–Kier alpha value is -2.42. The van der Waals surface area contributed by atoms with Crippen molar-refractivity contribution >= 4 is 28.9 Å². The van der Waals surface area contributed by atoms with Gasteiger partial charge in [-0.3, -0.25) is 9.89 Å². The molecule has 19 heavy (non-hydrogen) atoms. The van der Waals surface area contributed by atoms with Gasteiger partial charge in [-0.15, -0.1) is 11.3 Å². The minimum atomic E-state index is -1.06. The zero-order valence-electron chi connectivity index (χ0n) is 9.71. The summed E-state index contributed by atoms with van der Waals surface area (Å²) in [5.74, 6) is -1.42. The Kier molecular flexibility index (Phi) is 3.76. The van der Waals surface area contributed by atoms with Gasteiger partial charge in [0.2, 0.25) is 0 Å². The summed E-state index contributed by atoms with van der Waals surface area (Å²) in [5, 5.41) is 19.6. The molecule has 0 aliphatic carbocycles. The molecular weight excluding hydrogens is 270 g/mol. The topological polar surface area (TPSA) is 134 Å². The number of hydrogen-bond acceptors (Lipinski definition) is 6. The van der Waals surface area contributed by atoms with E-state index in [-0.39, 0.29) is 23.0 Å². The first-order valence-corrected chi connectivity index (χ1v) is 6.20. The highest BCUT2D eigenvalue weighted by atomic mass is 32.1. The molecule has 1 amide bonds. The smallest absolute Gasteiger partial charge is 0.355 e. The van der Waals surface area contributed by atoms with Crippen molar-refractivity contribution in [3.8, 4) is 0 Å². The average molecular weight is 281 g/mol. The predicted molar refractivity (Wildman–Crippen MR) is 68.1 cm³/mol. The number of nitrogens with one attached hydrogen (secondary N) is 2. The van der Waals surface area contributed by atoms with Crippen LogP contribution in [0.3, 0.4) is 0 Å². The highest BCUT2D eigenvalue weighted by molar-refractivity contribution is 7.09. The maximum absolute atomic E-state index is 11.7. The van der Waals surface area contributed by atoms with Crippen molar-refractivity contribution in [2.45, 2.75) is 6.42 Å². The molecule has 0 aliphatic rings. The number of nitrogen functional groups attached to an aromatic ring is 1. The Bertz CT molecular complexity index is 606. The van der Waals surface area contributed by atoms with Gasteiger partial charge in [0.15, 0.2) is 5.69 Å². The first-order valence-electron chi connectivity index (χ1n) is 5.32. The van der Waals surface area contributed by atoms with E-state index in [2.05, 4.69) is 20.5 Å². The maximum Gasteiger partial charge on any atom is 0.355 e. The van der Waals surface area contributed by atoms with Crippen LogP contribution in [0.2, 0.25) is 0 Å². The summed E-state index contributed by atoms with van der Waals surface area (Å²) in [6.45, 7) is 0.337. The minimum absolute atomic E-state index is 0.0177. The Morgan fingerprint density at radius 3 is 2.89 bits per heavy atom. The number of aromatic amines is 1. The van der Waals surface area contributed by atoms with E-state index < -0.39 is 5.97 Å². The molecular formula is C10H11N5O3S. The van der Waals surface area contributed by atoms with Gasteiger partial charge in [0, 0.05) is 18.3 Å². The number of amides is 1. The highest BCUT2D eigenvalue weighted by Gasteiger charge is 2.12. The van der Waals surface area contributed by atoms with Crippen molar-refractivity contribution in [2.24, 2.45) is 0 Å². The van der Waals surface area contributed by atoms with E-state index >= 15 is 0 Å². The number of nitrogens with two attached hydrogens (primary N) is 1. The number of thiazole rings is 1. The lowest BCUT2D eigenvalue weighted by Crippen LogP contribution is -2.26. The van der Waals surface area contributed by atoms with E-state index in [0.717, 1.165) is 0 Å². The number of nitrogens with zero attached hydrogens (tertiary/aromatic N) is 2. The van der Waals surface area contributed by atoms with Gasteiger partial charge >= 0.3 is 5.97 Å². The summed E-state index contributed by atoms with van der Waals surface area (Å²) >= 11 is 1.24. The number of hydrogen-bond donors (Lipinski definition) is 4. The van der Waals surface area contributed by atoms with Crippen LogP contribution in [0.15, 0.2) is 11.6 Å². The number of rotatable bonds is 5. The monoisotopic (exact) mass is 281 g/mol. The van der Waals surface area contributed by atoms with Gasteiger partial charge in [-0.1, -0.05) is 0 Å². The number of carbonyl (C=O) groups is 2. The molecule has 0 spiro atoms. The normalized spacial score (nSPS) is 10.3. The summed E-state index contributed by atoms with van der Waals surface area (Å²) in [6.07, 6.45) is 1.81. The van der Waals surface area contributed by atoms with Crippen LogP contribution in [0, 0.1) is 0 Å². The second-order valence-corrected chi connectivity index (χ2v) is 4.58. The fraction of sp³-hybridized carbons (Fsp3) is 0.200. The molecule has 5 N–H and O–H groups in total. The quantitative estimate of drug-likeness (QED) is 0.615. The van der Waals surface area contributed by atoms with Crippen LogP contribution in [0.5, 0.6) is 0 Å². The summed E-state index contributed by atoms with van der Waals surface area (Å²) < 4.78 is 0. The molecule has 0 saturated carbocycles. The average Bonchev–Trinajstić information content (AvgIpc) is 2.97. The summed E-state index contributed by atoms with van der Waals surface area (Å²) in [4.78, 5) is 26.2. The SMILES string of the molecule is Nc1cn[nH]c1C(=O)NCCc1nc(C(=O)O)cs1. The van der Waals surface area contributed by atoms with E-state index in [0.29, 0.717) is 18.0 Å². The van der Waals surface area contributed by atoms with Crippen molar-refractivity contribution in [1.29, 1.82) is 0 Å². The molecule has 0 saturated heterocycles. The number of carboxylic acids is 1.